The van der Waals surface area contributed by atoms with Crippen molar-refractivity contribution in [2.45, 2.75) is 13.8 Å². The monoisotopic (exact) mass is 128 g/mol. The molecule has 0 nitrogen and oxygen atoms in total. The van der Waals surface area contributed by atoms with Gasteiger partial charge in [0.05, 0.1) is 0 Å². The van der Waals surface area contributed by atoms with E-state index in [1.807, 2.05) is 12.1 Å². The minimum atomic E-state index is 0. The zero-order valence-corrected chi connectivity index (χ0v) is 8.23. The van der Waals surface area contributed by atoms with Crippen molar-refractivity contribution in [1.82, 2.24) is 0 Å². The fraction of sp³-hybridized carbons (Fsp3) is 0.250. The van der Waals surface area contributed by atoms with E-state index in [0.717, 1.165) is 0 Å². The van der Waals surface area contributed by atoms with Crippen molar-refractivity contribution in [2.24, 2.45) is 0 Å². The van der Waals surface area contributed by atoms with Crippen molar-refractivity contribution < 1.29 is 29.6 Å². The first-order valence-corrected chi connectivity index (χ1v) is 2.73. The number of aryl methyl sites for hydroxylation is 2. The van der Waals surface area contributed by atoms with Crippen molar-refractivity contribution in [2.75, 3.05) is 0 Å². The molecule has 0 heterocycles. The van der Waals surface area contributed by atoms with Gasteiger partial charge in [0.2, 0.25) is 0 Å². The molecule has 1 heteroatoms. The standard InChI is InChI=1S/C8H9.Na/c1-7-4-3-5-8(2)6-7;/h4-6H,1-2H3;/q-1;+1. The summed E-state index contributed by atoms with van der Waals surface area (Å²) in [5, 5.41) is 0. The van der Waals surface area contributed by atoms with Crippen LogP contribution in [-0.4, -0.2) is 0 Å². The predicted octanol–water partition coefficient (Wildman–Crippen LogP) is -0.892. The van der Waals surface area contributed by atoms with Gasteiger partial charge in [0.1, 0.15) is 0 Å². The molecular formula is C8H9Na. The fourth-order valence-electron chi connectivity index (χ4n) is 0.747. The van der Waals surface area contributed by atoms with Crippen LogP contribution in [0.5, 0.6) is 0 Å². The van der Waals surface area contributed by atoms with Crippen molar-refractivity contribution >= 4 is 0 Å². The van der Waals surface area contributed by atoms with E-state index < -0.39 is 0 Å². The summed E-state index contributed by atoms with van der Waals surface area (Å²) in [6.07, 6.45) is 0. The van der Waals surface area contributed by atoms with E-state index in [-0.39, 0.29) is 29.6 Å². The Hall–Kier alpha value is 0.220. The SMILES string of the molecule is Cc1c[c-]cc(C)c1.[Na+]. The van der Waals surface area contributed by atoms with Crippen LogP contribution in [0.15, 0.2) is 18.2 Å². The van der Waals surface area contributed by atoms with E-state index in [1.165, 1.54) is 11.1 Å². The van der Waals surface area contributed by atoms with Gasteiger partial charge in [-0.1, -0.05) is 13.8 Å². The molecule has 0 atom stereocenters. The van der Waals surface area contributed by atoms with Crippen molar-refractivity contribution in [1.29, 1.82) is 0 Å². The van der Waals surface area contributed by atoms with Crippen LogP contribution in [0.1, 0.15) is 11.1 Å². The minimum absolute atomic E-state index is 0. The smallest absolute Gasteiger partial charge is 0.183 e. The third kappa shape index (κ3) is 3.04. The average molecular weight is 128 g/mol. The molecule has 0 N–H and O–H groups in total. The zero-order chi connectivity index (χ0) is 5.98. The second-order valence-corrected chi connectivity index (χ2v) is 2.09. The molecule has 42 valence electrons. The molecule has 0 aromatic heterocycles. The van der Waals surface area contributed by atoms with E-state index in [2.05, 4.69) is 26.0 Å². The number of benzene rings is 1. The second-order valence-electron chi connectivity index (χ2n) is 2.09. The van der Waals surface area contributed by atoms with Crippen LogP contribution in [-0.2, 0) is 0 Å². The van der Waals surface area contributed by atoms with Gasteiger partial charge in [-0.15, -0.1) is 0 Å². The summed E-state index contributed by atoms with van der Waals surface area (Å²) in [7, 11) is 0. The third-order valence-corrected chi connectivity index (χ3v) is 1.08. The summed E-state index contributed by atoms with van der Waals surface area (Å²) in [5.74, 6) is 0. The fourth-order valence-corrected chi connectivity index (χ4v) is 0.747. The van der Waals surface area contributed by atoms with Crippen LogP contribution in [0.25, 0.3) is 0 Å². The first kappa shape index (κ1) is 9.22. The largest absolute Gasteiger partial charge is 1.00 e. The maximum Gasteiger partial charge on any atom is 1.00 e. The van der Waals surface area contributed by atoms with Gasteiger partial charge in [-0.2, -0.15) is 35.4 Å². The van der Waals surface area contributed by atoms with Gasteiger partial charge in [0, 0.05) is 0 Å². The van der Waals surface area contributed by atoms with Crippen molar-refractivity contribution in [3.63, 3.8) is 0 Å². The van der Waals surface area contributed by atoms with Gasteiger partial charge in [0.15, 0.2) is 0 Å². The Kier molecular flexibility index (Phi) is 4.20. The van der Waals surface area contributed by atoms with Gasteiger partial charge in [-0.05, 0) is 0 Å². The Morgan fingerprint density at radius 3 is 1.78 bits per heavy atom. The maximum atomic E-state index is 3.03. The van der Waals surface area contributed by atoms with Crippen molar-refractivity contribution in [3.8, 4) is 0 Å². The van der Waals surface area contributed by atoms with E-state index in [1.54, 1.807) is 0 Å². The minimum Gasteiger partial charge on any atom is -0.183 e. The molecular weight excluding hydrogens is 119 g/mol. The summed E-state index contributed by atoms with van der Waals surface area (Å²) in [4.78, 5) is 0. The molecule has 9 heavy (non-hydrogen) atoms. The normalized spacial score (nSPS) is 8.22. The Labute approximate surface area is 78.6 Å². The number of rotatable bonds is 0. The second kappa shape index (κ2) is 4.10. The third-order valence-electron chi connectivity index (χ3n) is 1.08. The molecule has 1 rings (SSSR count). The summed E-state index contributed by atoms with van der Waals surface area (Å²) in [5.41, 5.74) is 2.56. The Balaban J connectivity index is 0.000000640. The summed E-state index contributed by atoms with van der Waals surface area (Å²) in [6, 6.07) is 9.12. The van der Waals surface area contributed by atoms with Crippen molar-refractivity contribution in [3.05, 3.63) is 35.4 Å². The van der Waals surface area contributed by atoms with E-state index >= 15 is 0 Å². The Bertz CT molecular complexity index is 164. The molecule has 0 bridgehead atoms. The molecule has 0 amide bonds. The van der Waals surface area contributed by atoms with Gasteiger partial charge in [0.25, 0.3) is 0 Å². The van der Waals surface area contributed by atoms with Crippen LogP contribution in [0.2, 0.25) is 0 Å². The molecule has 0 fully saturated rings. The summed E-state index contributed by atoms with van der Waals surface area (Å²) < 4.78 is 0. The van der Waals surface area contributed by atoms with Gasteiger partial charge < -0.3 is 0 Å². The van der Waals surface area contributed by atoms with Crippen LogP contribution in [0.3, 0.4) is 0 Å². The van der Waals surface area contributed by atoms with E-state index in [4.69, 9.17) is 0 Å². The molecule has 0 aliphatic heterocycles. The number of hydrogen-bond donors (Lipinski definition) is 0. The van der Waals surface area contributed by atoms with E-state index in [0.29, 0.717) is 0 Å². The van der Waals surface area contributed by atoms with Gasteiger partial charge in [-0.25, -0.2) is 0 Å². The molecule has 0 aliphatic carbocycles. The molecule has 0 saturated heterocycles. The average Bonchev–Trinajstić information content (AvgIpc) is 1.64. The Morgan fingerprint density at radius 2 is 1.56 bits per heavy atom. The quantitative estimate of drug-likeness (QED) is 0.314. The first-order valence-electron chi connectivity index (χ1n) is 2.73. The van der Waals surface area contributed by atoms with Crippen LogP contribution in [0.4, 0.5) is 0 Å². The topological polar surface area (TPSA) is 0 Å². The molecule has 0 radical (unpaired) electrons. The summed E-state index contributed by atoms with van der Waals surface area (Å²) >= 11 is 0. The molecule has 1 aromatic carbocycles. The molecule has 0 saturated carbocycles. The van der Waals surface area contributed by atoms with Gasteiger partial charge >= 0.3 is 29.6 Å². The number of hydrogen-bond acceptors (Lipinski definition) is 0. The Morgan fingerprint density at radius 1 is 1.11 bits per heavy atom. The van der Waals surface area contributed by atoms with Crippen LogP contribution in [0, 0.1) is 19.9 Å². The maximum absolute atomic E-state index is 3.03. The zero-order valence-electron chi connectivity index (χ0n) is 6.23. The molecule has 1 aromatic rings. The van der Waals surface area contributed by atoms with E-state index in [9.17, 15) is 0 Å². The predicted molar refractivity (Wildman–Crippen MR) is 34.8 cm³/mol. The molecule has 0 aliphatic rings. The summed E-state index contributed by atoms with van der Waals surface area (Å²) in [6.45, 7) is 4.15. The molecule has 0 spiro atoms. The first-order chi connectivity index (χ1) is 3.79. The van der Waals surface area contributed by atoms with Gasteiger partial charge in [-0.3, -0.25) is 0 Å². The van der Waals surface area contributed by atoms with Crippen LogP contribution >= 0.6 is 0 Å². The van der Waals surface area contributed by atoms with Crippen LogP contribution < -0.4 is 29.6 Å². The molecule has 0 unspecified atom stereocenters.